The standard InChI is InChI=1S/C44H78N4O3/c1-33(15-14-25-48(4)32-34-16-6-5-7-17-34)37-18-19-38-42-39(31-41(44(37,38)3)51-28-13-10-24-47)43(2)21-20-36(49-26-11-8-22-45)29-35(43)30-40(42)50-27-12-9-23-46/h5-7,16-17,33,35-42H,8-15,18-32,45-47H2,1-4H3/t33-,35?,36-,37-,38?,39?,40?,41+,42?,43+,44-/m1/s1. The summed E-state index contributed by atoms with van der Waals surface area (Å²) < 4.78 is 20.7. The lowest BCUT2D eigenvalue weighted by molar-refractivity contribution is -0.227. The molecule has 7 heteroatoms. The van der Waals surface area contributed by atoms with E-state index in [1.807, 2.05) is 0 Å². The number of fused-ring (bicyclic) bond motifs is 5. The van der Waals surface area contributed by atoms with E-state index in [2.05, 4.69) is 63.1 Å². The SMILES string of the molecule is C[C@H](CCCN(C)Cc1ccccc1)[C@H]1CCC2C3C(OCCCCN)CC4C[C@H](OCCCCN)CC[C@]4(C)C3C[C@H](OCCCCN)[C@@]21C. The number of unbranched alkanes of at least 4 members (excludes halogenated alkanes) is 3. The highest BCUT2D eigenvalue weighted by molar-refractivity contribution is 5.16. The second-order valence-electron chi connectivity index (χ2n) is 17.9. The minimum Gasteiger partial charge on any atom is -0.378 e. The van der Waals surface area contributed by atoms with E-state index >= 15 is 0 Å². The Morgan fingerprint density at radius 1 is 0.765 bits per heavy atom. The van der Waals surface area contributed by atoms with Gasteiger partial charge in [-0.2, -0.15) is 0 Å². The van der Waals surface area contributed by atoms with Gasteiger partial charge in [-0.1, -0.05) is 51.1 Å². The Labute approximate surface area is 312 Å². The van der Waals surface area contributed by atoms with Gasteiger partial charge in [0.05, 0.1) is 18.3 Å². The molecular weight excluding hydrogens is 633 g/mol. The zero-order valence-electron chi connectivity index (χ0n) is 33.3. The summed E-state index contributed by atoms with van der Waals surface area (Å²) in [5.41, 5.74) is 19.5. The van der Waals surface area contributed by atoms with Crippen LogP contribution in [0.4, 0.5) is 0 Å². The molecule has 7 nitrogen and oxygen atoms in total. The molecule has 51 heavy (non-hydrogen) atoms. The Bertz CT molecular complexity index is 1120. The van der Waals surface area contributed by atoms with Crippen LogP contribution in [-0.4, -0.2) is 76.3 Å². The van der Waals surface area contributed by atoms with Crippen molar-refractivity contribution in [3.05, 3.63) is 35.9 Å². The van der Waals surface area contributed by atoms with E-state index in [4.69, 9.17) is 31.4 Å². The number of hydrogen-bond donors (Lipinski definition) is 3. The monoisotopic (exact) mass is 711 g/mol. The van der Waals surface area contributed by atoms with E-state index < -0.39 is 0 Å². The molecule has 4 saturated carbocycles. The maximum atomic E-state index is 7.16. The minimum absolute atomic E-state index is 0.171. The van der Waals surface area contributed by atoms with Crippen molar-refractivity contribution in [1.29, 1.82) is 0 Å². The van der Waals surface area contributed by atoms with Crippen molar-refractivity contribution in [1.82, 2.24) is 4.90 Å². The molecule has 0 aliphatic heterocycles. The molecule has 6 N–H and O–H groups in total. The molecule has 4 aliphatic carbocycles. The fourth-order valence-corrected chi connectivity index (χ4v) is 11.9. The third-order valence-corrected chi connectivity index (χ3v) is 14.7. The largest absolute Gasteiger partial charge is 0.378 e. The van der Waals surface area contributed by atoms with Gasteiger partial charge in [0.1, 0.15) is 0 Å². The quantitative estimate of drug-likeness (QED) is 0.106. The minimum atomic E-state index is 0.171. The predicted octanol–water partition coefficient (Wildman–Crippen LogP) is 7.79. The number of nitrogens with two attached hydrogens (primary N) is 3. The summed E-state index contributed by atoms with van der Waals surface area (Å²) in [6, 6.07) is 10.9. The van der Waals surface area contributed by atoms with Crippen LogP contribution in [0.5, 0.6) is 0 Å². The zero-order valence-corrected chi connectivity index (χ0v) is 33.3. The summed E-state index contributed by atoms with van der Waals surface area (Å²) in [4.78, 5) is 2.50. The van der Waals surface area contributed by atoms with E-state index in [0.717, 1.165) is 91.1 Å². The summed E-state index contributed by atoms with van der Waals surface area (Å²) in [7, 11) is 2.28. The molecule has 0 heterocycles. The van der Waals surface area contributed by atoms with Crippen LogP contribution in [0.15, 0.2) is 30.3 Å². The van der Waals surface area contributed by atoms with Crippen LogP contribution in [0.25, 0.3) is 0 Å². The predicted molar refractivity (Wildman–Crippen MR) is 211 cm³/mol. The Morgan fingerprint density at radius 3 is 2.12 bits per heavy atom. The van der Waals surface area contributed by atoms with Crippen LogP contribution in [0, 0.1) is 46.3 Å². The maximum absolute atomic E-state index is 7.16. The van der Waals surface area contributed by atoms with Crippen molar-refractivity contribution < 1.29 is 14.2 Å². The highest BCUT2D eigenvalue weighted by Gasteiger charge is 2.66. The van der Waals surface area contributed by atoms with Crippen molar-refractivity contribution in [2.75, 3.05) is 53.0 Å². The van der Waals surface area contributed by atoms with Gasteiger partial charge in [-0.25, -0.2) is 0 Å². The molecule has 1 aromatic rings. The van der Waals surface area contributed by atoms with Gasteiger partial charge in [0.25, 0.3) is 0 Å². The Hall–Kier alpha value is -1.06. The summed E-state index contributed by atoms with van der Waals surface area (Å²) in [5.74, 6) is 3.88. The fraction of sp³-hybridized carbons (Fsp3) is 0.864. The van der Waals surface area contributed by atoms with E-state index in [1.165, 1.54) is 63.4 Å². The summed E-state index contributed by atoms with van der Waals surface area (Å²) in [5, 5.41) is 0. The first kappa shape index (κ1) is 41.1. The van der Waals surface area contributed by atoms with E-state index in [0.29, 0.717) is 59.2 Å². The van der Waals surface area contributed by atoms with Gasteiger partial charge in [-0.05, 0) is 176 Å². The van der Waals surface area contributed by atoms with Gasteiger partial charge < -0.3 is 36.3 Å². The third kappa shape index (κ3) is 9.98. The molecule has 0 amide bonds. The lowest BCUT2D eigenvalue weighted by atomic mass is 9.43. The summed E-state index contributed by atoms with van der Waals surface area (Å²) in [6.45, 7) is 14.8. The fourth-order valence-electron chi connectivity index (χ4n) is 11.9. The maximum Gasteiger partial charge on any atom is 0.0637 e. The molecule has 0 radical (unpaired) electrons. The average molecular weight is 711 g/mol. The molecule has 11 atom stereocenters. The van der Waals surface area contributed by atoms with Crippen LogP contribution in [0.3, 0.4) is 0 Å². The van der Waals surface area contributed by atoms with Crippen LogP contribution in [0.2, 0.25) is 0 Å². The first-order valence-electron chi connectivity index (χ1n) is 21.4. The van der Waals surface area contributed by atoms with Crippen molar-refractivity contribution in [3.63, 3.8) is 0 Å². The molecule has 0 aromatic heterocycles. The van der Waals surface area contributed by atoms with Gasteiger partial charge in [-0.3, -0.25) is 0 Å². The van der Waals surface area contributed by atoms with Gasteiger partial charge in [-0.15, -0.1) is 0 Å². The van der Waals surface area contributed by atoms with Crippen LogP contribution in [0.1, 0.15) is 123 Å². The molecule has 1 aromatic carbocycles. The van der Waals surface area contributed by atoms with E-state index in [1.54, 1.807) is 0 Å². The van der Waals surface area contributed by atoms with E-state index in [-0.39, 0.29) is 5.41 Å². The van der Waals surface area contributed by atoms with Gasteiger partial charge >= 0.3 is 0 Å². The van der Waals surface area contributed by atoms with Crippen molar-refractivity contribution in [2.45, 2.75) is 142 Å². The third-order valence-electron chi connectivity index (χ3n) is 14.7. The van der Waals surface area contributed by atoms with Crippen LogP contribution >= 0.6 is 0 Å². The molecule has 5 rings (SSSR count). The lowest BCUT2D eigenvalue weighted by Gasteiger charge is -2.65. The molecule has 0 spiro atoms. The first-order chi connectivity index (χ1) is 24.8. The molecular formula is C44H78N4O3. The molecule has 0 saturated heterocycles. The van der Waals surface area contributed by atoms with E-state index in [9.17, 15) is 0 Å². The average Bonchev–Trinajstić information content (AvgIpc) is 3.49. The van der Waals surface area contributed by atoms with Gasteiger partial charge in [0.2, 0.25) is 0 Å². The highest BCUT2D eigenvalue weighted by Crippen LogP contribution is 2.69. The molecule has 5 unspecified atom stereocenters. The van der Waals surface area contributed by atoms with Crippen molar-refractivity contribution in [2.24, 2.45) is 63.5 Å². The Kier molecular flexibility index (Phi) is 16.1. The molecule has 4 fully saturated rings. The number of nitrogens with zero attached hydrogens (tertiary/aromatic N) is 1. The molecule has 292 valence electrons. The zero-order chi connectivity index (χ0) is 36.3. The highest BCUT2D eigenvalue weighted by atomic mass is 16.5. The number of rotatable bonds is 22. The van der Waals surface area contributed by atoms with Crippen molar-refractivity contribution in [3.8, 4) is 0 Å². The summed E-state index contributed by atoms with van der Waals surface area (Å²) in [6.07, 6.45) is 18.5. The topological polar surface area (TPSA) is 109 Å². The van der Waals surface area contributed by atoms with Crippen LogP contribution < -0.4 is 17.2 Å². The van der Waals surface area contributed by atoms with Crippen molar-refractivity contribution >= 4 is 0 Å². The van der Waals surface area contributed by atoms with Gasteiger partial charge in [0, 0.05) is 31.8 Å². The number of ether oxygens (including phenoxy) is 3. The Balaban J connectivity index is 1.34. The first-order valence-corrected chi connectivity index (χ1v) is 21.4. The second kappa shape index (κ2) is 20.0. The summed E-state index contributed by atoms with van der Waals surface area (Å²) >= 11 is 0. The number of hydrogen-bond acceptors (Lipinski definition) is 7. The normalized spacial score (nSPS) is 35.4. The smallest absolute Gasteiger partial charge is 0.0637 e. The lowest BCUT2D eigenvalue weighted by Crippen LogP contribution is -2.63. The van der Waals surface area contributed by atoms with Gasteiger partial charge in [0.15, 0.2) is 0 Å². The molecule has 0 bridgehead atoms. The number of benzene rings is 1. The molecule has 4 aliphatic rings. The van der Waals surface area contributed by atoms with Crippen LogP contribution in [-0.2, 0) is 20.8 Å². The second-order valence-corrected chi connectivity index (χ2v) is 17.9. The Morgan fingerprint density at radius 2 is 1.43 bits per heavy atom.